The molecule has 0 saturated heterocycles. The minimum Gasteiger partial charge on any atom is -0.505 e. The summed E-state index contributed by atoms with van der Waals surface area (Å²) in [5.74, 6) is 0.218. The van der Waals surface area contributed by atoms with E-state index in [1.54, 1.807) is 0 Å². The number of phenols is 1. The van der Waals surface area contributed by atoms with Gasteiger partial charge >= 0.3 is 0 Å². The van der Waals surface area contributed by atoms with Gasteiger partial charge in [0.2, 0.25) is 0 Å². The van der Waals surface area contributed by atoms with Crippen molar-refractivity contribution in [2.75, 3.05) is 9.80 Å². The van der Waals surface area contributed by atoms with E-state index >= 15 is 0 Å². The molecule has 4 nitrogen and oxygen atoms in total. The van der Waals surface area contributed by atoms with Crippen molar-refractivity contribution < 1.29 is 9.52 Å². The summed E-state index contributed by atoms with van der Waals surface area (Å²) in [5.41, 5.74) is 18.8. The topological polar surface area (TPSA) is 39.9 Å². The lowest BCUT2D eigenvalue weighted by atomic mass is 9.87. The number of aryl methyl sites for hydroxylation is 2. The van der Waals surface area contributed by atoms with Gasteiger partial charge in [-0.25, -0.2) is 0 Å². The van der Waals surface area contributed by atoms with Gasteiger partial charge in [-0.3, -0.25) is 0 Å². The standard InChI is InChI=1S/C76H66N2O2/c1-9-48-19-11-13-23-58(48)52-21-15-22-53(47-52)60-25-17-29-68(72(60)79)77(56-39-35-54(36-40-56)75(3,4)5)66-45-33-50-32-44-65-67(46-34-51-31-43-64(66)70(50)71(51)65)78(57-41-37-55(38-42-57)76(6,7)8)69-30-18-28-63-62-27-16-26-61(73(62)80-74(63)69)59-24-14-12-20-49(59)10-2/h11-47,79H,9-10H2,1-8H3. The number of para-hydroxylation sites is 3. The zero-order valence-corrected chi connectivity index (χ0v) is 47.0. The Morgan fingerprint density at radius 3 is 1.38 bits per heavy atom. The van der Waals surface area contributed by atoms with E-state index in [1.807, 2.05) is 6.07 Å². The van der Waals surface area contributed by atoms with Crippen LogP contribution in [0.1, 0.15) is 77.6 Å². The zero-order valence-electron chi connectivity index (χ0n) is 47.0. The maximum atomic E-state index is 12.9. The number of furan rings is 1. The molecule has 0 aliphatic rings. The average molecular weight is 1040 g/mol. The van der Waals surface area contributed by atoms with E-state index < -0.39 is 0 Å². The fraction of sp³-hybridized carbons (Fsp3) is 0.158. The van der Waals surface area contributed by atoms with Gasteiger partial charge in [-0.1, -0.05) is 225 Å². The molecular weight excluding hydrogens is 973 g/mol. The molecule has 4 heteroatoms. The highest BCUT2D eigenvalue weighted by atomic mass is 16.3. The number of nitrogens with zero attached hydrogens (tertiary/aromatic N) is 2. The first-order valence-corrected chi connectivity index (χ1v) is 28.3. The summed E-state index contributed by atoms with van der Waals surface area (Å²) in [6, 6.07) is 81.3. The maximum Gasteiger partial charge on any atom is 0.159 e. The first-order valence-electron chi connectivity index (χ1n) is 28.3. The van der Waals surface area contributed by atoms with Crippen LogP contribution in [0.15, 0.2) is 229 Å². The number of rotatable bonds is 11. The Balaban J connectivity index is 1.02. The quantitative estimate of drug-likeness (QED) is 0.131. The molecule has 1 aromatic heterocycles. The van der Waals surface area contributed by atoms with Crippen LogP contribution in [0.4, 0.5) is 34.1 Å². The first kappa shape index (κ1) is 50.4. The second kappa shape index (κ2) is 19.7. The molecule has 0 radical (unpaired) electrons. The summed E-state index contributed by atoms with van der Waals surface area (Å²) in [6.45, 7) is 18.0. The Hall–Kier alpha value is -9.12. The third-order valence-corrected chi connectivity index (χ3v) is 16.7. The molecule has 1 N–H and O–H groups in total. The molecule has 12 aromatic carbocycles. The van der Waals surface area contributed by atoms with E-state index in [-0.39, 0.29) is 16.6 Å². The molecule has 0 aliphatic carbocycles. The molecule has 392 valence electrons. The van der Waals surface area contributed by atoms with Crippen molar-refractivity contribution in [1.82, 2.24) is 0 Å². The first-order chi connectivity index (χ1) is 38.8. The van der Waals surface area contributed by atoms with Crippen LogP contribution in [0.5, 0.6) is 5.75 Å². The van der Waals surface area contributed by atoms with Crippen molar-refractivity contribution >= 4 is 88.4 Å². The van der Waals surface area contributed by atoms with Gasteiger partial charge < -0.3 is 19.3 Å². The van der Waals surface area contributed by atoms with E-state index in [2.05, 4.69) is 284 Å². The van der Waals surface area contributed by atoms with Crippen molar-refractivity contribution in [3.8, 4) is 39.1 Å². The molecule has 0 spiro atoms. The predicted octanol–water partition coefficient (Wildman–Crippen LogP) is 21.8. The summed E-state index contributed by atoms with van der Waals surface area (Å²) in [6.07, 6.45) is 1.86. The van der Waals surface area contributed by atoms with Crippen molar-refractivity contribution in [3.05, 3.63) is 247 Å². The normalized spacial score (nSPS) is 12.2. The Morgan fingerprint density at radius 2 is 0.800 bits per heavy atom. The van der Waals surface area contributed by atoms with Crippen molar-refractivity contribution in [1.29, 1.82) is 0 Å². The van der Waals surface area contributed by atoms with Gasteiger partial charge in [0.25, 0.3) is 0 Å². The number of anilines is 6. The molecule has 13 aromatic rings. The fourth-order valence-electron chi connectivity index (χ4n) is 12.4. The molecule has 0 aliphatic heterocycles. The Bertz CT molecular complexity index is 4470. The zero-order chi connectivity index (χ0) is 55.0. The molecule has 0 atom stereocenters. The van der Waals surface area contributed by atoms with Crippen LogP contribution in [-0.4, -0.2) is 5.11 Å². The monoisotopic (exact) mass is 1040 g/mol. The molecule has 1 heterocycles. The highest BCUT2D eigenvalue weighted by Crippen LogP contribution is 2.52. The lowest BCUT2D eigenvalue weighted by Gasteiger charge is -2.30. The van der Waals surface area contributed by atoms with E-state index in [9.17, 15) is 5.11 Å². The lowest BCUT2D eigenvalue weighted by Crippen LogP contribution is -2.14. The summed E-state index contributed by atoms with van der Waals surface area (Å²) in [7, 11) is 0. The van der Waals surface area contributed by atoms with Crippen molar-refractivity contribution in [3.63, 3.8) is 0 Å². The molecule has 0 unspecified atom stereocenters. The van der Waals surface area contributed by atoms with E-state index in [1.165, 1.54) is 38.8 Å². The van der Waals surface area contributed by atoms with E-state index in [0.717, 1.165) is 112 Å². The van der Waals surface area contributed by atoms with Gasteiger partial charge in [0.15, 0.2) is 5.58 Å². The molecule has 0 fully saturated rings. The number of benzene rings is 12. The van der Waals surface area contributed by atoms with E-state index in [0.29, 0.717) is 5.69 Å². The predicted molar refractivity (Wildman–Crippen MR) is 341 cm³/mol. The van der Waals surface area contributed by atoms with Crippen LogP contribution in [0.3, 0.4) is 0 Å². The largest absolute Gasteiger partial charge is 0.505 e. The number of hydrogen-bond donors (Lipinski definition) is 1. The summed E-state index contributed by atoms with van der Waals surface area (Å²) in [4.78, 5) is 4.67. The van der Waals surface area contributed by atoms with Gasteiger partial charge in [0.1, 0.15) is 11.3 Å². The second-order valence-electron chi connectivity index (χ2n) is 23.6. The van der Waals surface area contributed by atoms with Crippen molar-refractivity contribution in [2.45, 2.75) is 79.1 Å². The van der Waals surface area contributed by atoms with Crippen molar-refractivity contribution in [2.24, 2.45) is 0 Å². The van der Waals surface area contributed by atoms with Gasteiger partial charge in [0.05, 0.1) is 22.7 Å². The third-order valence-electron chi connectivity index (χ3n) is 16.7. The van der Waals surface area contributed by atoms with Crippen LogP contribution in [-0.2, 0) is 23.7 Å². The Kier molecular flexibility index (Phi) is 12.4. The van der Waals surface area contributed by atoms with Crippen LogP contribution in [0, 0.1) is 0 Å². The van der Waals surface area contributed by atoms with Crippen LogP contribution >= 0.6 is 0 Å². The minimum absolute atomic E-state index is 0.0229. The number of fused-ring (bicyclic) bond motifs is 3. The van der Waals surface area contributed by atoms with Crippen LogP contribution in [0.2, 0.25) is 0 Å². The second-order valence-corrected chi connectivity index (χ2v) is 23.6. The van der Waals surface area contributed by atoms with Crippen LogP contribution < -0.4 is 9.80 Å². The third kappa shape index (κ3) is 8.53. The Morgan fingerprint density at radius 1 is 0.362 bits per heavy atom. The van der Waals surface area contributed by atoms with Gasteiger partial charge in [-0.2, -0.15) is 0 Å². The summed E-state index contributed by atoms with van der Waals surface area (Å²) < 4.78 is 7.26. The lowest BCUT2D eigenvalue weighted by molar-refractivity contribution is 0.478. The number of phenolic OH excluding ortho intramolecular Hbond substituents is 1. The SMILES string of the molecule is CCc1ccccc1-c1cccc(-c2cccc(N(c3ccc(C(C)(C)C)cc3)c3ccc4ccc5c(N(c6ccc(C(C)(C)C)cc6)c6cccc7c6oc6c(-c8ccccc8CC)cccc67)ccc6ccc3c4c65)c2O)c1. The van der Waals surface area contributed by atoms with Gasteiger partial charge in [-0.05, 0) is 144 Å². The number of aromatic hydroxyl groups is 1. The fourth-order valence-corrected chi connectivity index (χ4v) is 12.4. The average Bonchev–Trinajstić information content (AvgIpc) is 3.97. The molecule has 13 rings (SSSR count). The number of hydrogen-bond acceptors (Lipinski definition) is 4. The van der Waals surface area contributed by atoms with Gasteiger partial charge in [0, 0.05) is 44.0 Å². The van der Waals surface area contributed by atoms with Crippen LogP contribution in [0.25, 0.3) is 87.6 Å². The molecule has 0 bridgehead atoms. The molecule has 80 heavy (non-hydrogen) atoms. The maximum absolute atomic E-state index is 12.9. The highest BCUT2D eigenvalue weighted by Gasteiger charge is 2.27. The van der Waals surface area contributed by atoms with Gasteiger partial charge in [-0.15, -0.1) is 0 Å². The highest BCUT2D eigenvalue weighted by molar-refractivity contribution is 6.28. The molecular formula is C76H66N2O2. The molecule has 0 saturated carbocycles. The Labute approximate surface area is 470 Å². The summed E-state index contributed by atoms with van der Waals surface area (Å²) >= 11 is 0. The van der Waals surface area contributed by atoms with E-state index in [4.69, 9.17) is 4.42 Å². The smallest absolute Gasteiger partial charge is 0.159 e. The molecule has 0 amide bonds. The minimum atomic E-state index is -0.0419. The summed E-state index contributed by atoms with van der Waals surface area (Å²) in [5, 5.41) is 21.9.